The van der Waals surface area contributed by atoms with Crippen LogP contribution in [0.25, 0.3) is 11.4 Å². The number of fused-ring (bicyclic) bond motifs is 2. The van der Waals surface area contributed by atoms with Gasteiger partial charge in [-0.15, -0.1) is 0 Å². The number of anilines is 1. The van der Waals surface area contributed by atoms with Crippen molar-refractivity contribution >= 4 is 17.1 Å². The second-order valence-electron chi connectivity index (χ2n) is 7.10. The number of benzene rings is 1. The highest BCUT2D eigenvalue weighted by molar-refractivity contribution is 5.78. The van der Waals surface area contributed by atoms with E-state index in [1.54, 1.807) is 41.2 Å². The molecule has 2 bridgehead atoms. The smallest absolute Gasteiger partial charge is 0.124 e. The number of para-hydroxylation sites is 1. The number of ether oxygens (including phenoxy) is 1. The van der Waals surface area contributed by atoms with E-state index in [1.165, 1.54) is 0 Å². The molecule has 0 aliphatic carbocycles. The number of allylic oxidation sites excluding steroid dienone is 2. The van der Waals surface area contributed by atoms with Gasteiger partial charge >= 0.3 is 0 Å². The quantitative estimate of drug-likeness (QED) is 0.458. The van der Waals surface area contributed by atoms with Crippen LogP contribution in [0, 0.1) is 0 Å². The zero-order valence-electron chi connectivity index (χ0n) is 15.5. The van der Waals surface area contributed by atoms with E-state index in [4.69, 9.17) is 21.9 Å². The summed E-state index contributed by atoms with van der Waals surface area (Å²) in [6, 6.07) is 7.43. The van der Waals surface area contributed by atoms with Gasteiger partial charge in [0.25, 0.3) is 0 Å². The van der Waals surface area contributed by atoms with Crippen molar-refractivity contribution in [1.82, 2.24) is 15.1 Å². The first-order valence-electron chi connectivity index (χ1n) is 9.16. The molecule has 2 fully saturated rings. The van der Waals surface area contributed by atoms with E-state index in [0.29, 0.717) is 42.3 Å². The Bertz CT molecular complexity index is 905. The Morgan fingerprint density at radius 1 is 1.18 bits per heavy atom. The Labute approximate surface area is 163 Å². The van der Waals surface area contributed by atoms with Gasteiger partial charge < -0.3 is 37.3 Å². The van der Waals surface area contributed by atoms with Gasteiger partial charge in [-0.05, 0) is 18.2 Å². The number of aromatic hydroxyl groups is 1. The summed E-state index contributed by atoms with van der Waals surface area (Å²) in [5.74, 6) is 0.167. The minimum Gasteiger partial charge on any atom is -0.507 e. The van der Waals surface area contributed by atoms with Crippen LogP contribution >= 0.6 is 0 Å². The maximum absolute atomic E-state index is 10.0. The van der Waals surface area contributed by atoms with E-state index in [-0.39, 0.29) is 11.6 Å². The summed E-state index contributed by atoms with van der Waals surface area (Å²) in [6.45, 7) is 3.11. The van der Waals surface area contributed by atoms with Gasteiger partial charge in [0.1, 0.15) is 17.3 Å². The van der Waals surface area contributed by atoms with E-state index in [1.807, 2.05) is 6.20 Å². The second kappa shape index (κ2) is 7.45. The van der Waals surface area contributed by atoms with Gasteiger partial charge in [0.2, 0.25) is 0 Å². The molecule has 9 heteroatoms. The molecule has 0 amide bonds. The SMILES string of the molecule is NC(N)=C(/C=C(\N)c1ccccc1O)n1cc(N2CC3COCC(C2)N3)cn1. The van der Waals surface area contributed by atoms with E-state index < -0.39 is 0 Å². The average molecular weight is 383 g/mol. The lowest BCUT2D eigenvalue weighted by atomic mass is 10.1. The summed E-state index contributed by atoms with van der Waals surface area (Å²) >= 11 is 0. The number of phenols is 1. The first kappa shape index (κ1) is 18.2. The van der Waals surface area contributed by atoms with Gasteiger partial charge in [0, 0.05) is 36.4 Å². The Morgan fingerprint density at radius 3 is 2.57 bits per heavy atom. The Morgan fingerprint density at radius 2 is 1.89 bits per heavy atom. The molecule has 2 aromatic rings. The summed E-state index contributed by atoms with van der Waals surface area (Å²) in [4.78, 5) is 2.28. The van der Waals surface area contributed by atoms with Crippen molar-refractivity contribution in [2.45, 2.75) is 12.1 Å². The van der Waals surface area contributed by atoms with E-state index in [2.05, 4.69) is 15.3 Å². The van der Waals surface area contributed by atoms with Crippen LogP contribution in [0.3, 0.4) is 0 Å². The molecule has 3 heterocycles. The largest absolute Gasteiger partial charge is 0.507 e. The molecule has 2 saturated heterocycles. The molecule has 0 saturated carbocycles. The average Bonchev–Trinajstić information content (AvgIpc) is 3.15. The van der Waals surface area contributed by atoms with Crippen LogP contribution in [-0.2, 0) is 4.74 Å². The fourth-order valence-electron chi connectivity index (χ4n) is 3.64. The molecular weight excluding hydrogens is 358 g/mol. The topological polar surface area (TPSA) is 141 Å². The van der Waals surface area contributed by atoms with Crippen LogP contribution in [0.5, 0.6) is 5.75 Å². The number of rotatable bonds is 4. The predicted molar refractivity (Wildman–Crippen MR) is 108 cm³/mol. The molecule has 9 nitrogen and oxygen atoms in total. The number of hydrogen-bond acceptors (Lipinski definition) is 8. The summed E-state index contributed by atoms with van der Waals surface area (Å²) in [5.41, 5.74) is 20.2. The molecule has 28 heavy (non-hydrogen) atoms. The Balaban J connectivity index is 1.59. The highest BCUT2D eigenvalue weighted by atomic mass is 16.5. The normalized spacial score (nSPS) is 22.1. The number of hydrogen-bond donors (Lipinski definition) is 5. The maximum Gasteiger partial charge on any atom is 0.124 e. The van der Waals surface area contributed by atoms with Crippen molar-refractivity contribution in [2.24, 2.45) is 17.2 Å². The van der Waals surface area contributed by atoms with Crippen molar-refractivity contribution in [3.63, 3.8) is 0 Å². The van der Waals surface area contributed by atoms with Gasteiger partial charge in [-0.2, -0.15) is 5.10 Å². The number of nitrogens with two attached hydrogens (primary N) is 3. The molecule has 148 valence electrons. The van der Waals surface area contributed by atoms with Gasteiger partial charge in [-0.3, -0.25) is 0 Å². The standard InChI is InChI=1S/C19H25N7O2/c20-16(15-3-1-2-4-18(15)27)5-17(19(21)22)26-9-14(6-23-26)25-7-12-10-28-11-13(8-25)24-12/h1-6,9,12-13,24,27H,7-8,10-11,20-22H2/b16-5-. The first-order chi connectivity index (χ1) is 13.5. The number of phenolic OH excluding ortho intramolecular Hbond substituents is 1. The van der Waals surface area contributed by atoms with Crippen molar-refractivity contribution in [3.8, 4) is 5.75 Å². The molecule has 0 radical (unpaired) electrons. The fraction of sp³-hybridized carbons (Fsp3) is 0.316. The molecule has 2 unspecified atom stereocenters. The van der Waals surface area contributed by atoms with Crippen LogP contribution in [0.15, 0.2) is 48.6 Å². The van der Waals surface area contributed by atoms with Crippen LogP contribution in [0.1, 0.15) is 5.56 Å². The summed E-state index contributed by atoms with van der Waals surface area (Å²) in [5, 5.41) is 18.0. The fourth-order valence-corrected chi connectivity index (χ4v) is 3.64. The molecule has 8 N–H and O–H groups in total. The molecule has 1 aromatic heterocycles. The maximum atomic E-state index is 10.0. The molecule has 2 aliphatic rings. The van der Waals surface area contributed by atoms with Crippen LogP contribution in [0.2, 0.25) is 0 Å². The van der Waals surface area contributed by atoms with Crippen LogP contribution in [0.4, 0.5) is 5.69 Å². The van der Waals surface area contributed by atoms with Crippen LogP contribution in [-0.4, -0.2) is 53.3 Å². The summed E-state index contributed by atoms with van der Waals surface area (Å²) in [7, 11) is 0. The van der Waals surface area contributed by atoms with Crippen molar-refractivity contribution in [2.75, 3.05) is 31.2 Å². The minimum atomic E-state index is 0.0820. The van der Waals surface area contributed by atoms with E-state index in [9.17, 15) is 5.11 Å². The monoisotopic (exact) mass is 383 g/mol. The summed E-state index contributed by atoms with van der Waals surface area (Å²) in [6.07, 6.45) is 5.28. The predicted octanol–water partition coefficient (Wildman–Crippen LogP) is -0.191. The van der Waals surface area contributed by atoms with Gasteiger partial charge in [-0.25, -0.2) is 4.68 Å². The van der Waals surface area contributed by atoms with Crippen LogP contribution < -0.4 is 27.4 Å². The Hall–Kier alpha value is -3.17. The first-order valence-corrected chi connectivity index (χ1v) is 9.16. The Kier molecular flexibility index (Phi) is 4.84. The highest BCUT2D eigenvalue weighted by Crippen LogP contribution is 2.25. The van der Waals surface area contributed by atoms with Gasteiger partial charge in [0.05, 0.1) is 31.3 Å². The lowest BCUT2D eigenvalue weighted by Gasteiger charge is -2.42. The molecule has 0 spiro atoms. The van der Waals surface area contributed by atoms with E-state index >= 15 is 0 Å². The van der Waals surface area contributed by atoms with Crippen molar-refractivity contribution in [1.29, 1.82) is 0 Å². The number of piperazine rings is 1. The van der Waals surface area contributed by atoms with Crippen molar-refractivity contribution in [3.05, 3.63) is 54.1 Å². The number of nitrogens with zero attached hydrogens (tertiary/aromatic N) is 3. The molecular formula is C19H25N7O2. The third kappa shape index (κ3) is 3.62. The summed E-state index contributed by atoms with van der Waals surface area (Å²) < 4.78 is 7.20. The third-order valence-corrected chi connectivity index (χ3v) is 4.97. The number of nitrogens with one attached hydrogen (secondary N) is 1. The highest BCUT2D eigenvalue weighted by Gasteiger charge is 2.31. The van der Waals surface area contributed by atoms with Crippen molar-refractivity contribution < 1.29 is 9.84 Å². The zero-order valence-corrected chi connectivity index (χ0v) is 15.5. The van der Waals surface area contributed by atoms with Gasteiger partial charge in [0.15, 0.2) is 0 Å². The second-order valence-corrected chi connectivity index (χ2v) is 7.10. The lowest BCUT2D eigenvalue weighted by molar-refractivity contribution is 0.0376. The number of morpholine rings is 1. The minimum absolute atomic E-state index is 0.0820. The zero-order chi connectivity index (χ0) is 19.7. The lowest BCUT2D eigenvalue weighted by Crippen LogP contribution is -2.62. The molecule has 4 rings (SSSR count). The van der Waals surface area contributed by atoms with E-state index in [0.717, 1.165) is 18.8 Å². The van der Waals surface area contributed by atoms with Gasteiger partial charge in [-0.1, -0.05) is 12.1 Å². The molecule has 1 aromatic carbocycles. The molecule has 2 atom stereocenters. The molecule has 2 aliphatic heterocycles. The number of aromatic nitrogens is 2. The third-order valence-electron chi connectivity index (χ3n) is 4.97.